The monoisotopic (exact) mass is 311 g/mol. The minimum Gasteiger partial charge on any atom is -0.486 e. The lowest BCUT2D eigenvalue weighted by atomic mass is 10.0. The maximum Gasteiger partial charge on any atom is 0.161 e. The topological polar surface area (TPSA) is 50.7 Å². The molecule has 4 nitrogen and oxygen atoms in total. The molecule has 0 saturated heterocycles. The smallest absolute Gasteiger partial charge is 0.161 e. The van der Waals surface area contributed by atoms with Crippen molar-refractivity contribution in [1.82, 2.24) is 5.32 Å². The number of hydrogen-bond acceptors (Lipinski definition) is 4. The van der Waals surface area contributed by atoms with Crippen LogP contribution in [-0.2, 0) is 6.42 Å². The van der Waals surface area contributed by atoms with E-state index >= 15 is 0 Å². The van der Waals surface area contributed by atoms with Crippen LogP contribution in [0.25, 0.3) is 0 Å². The molecule has 0 amide bonds. The van der Waals surface area contributed by atoms with Crippen molar-refractivity contribution in [2.45, 2.75) is 31.5 Å². The predicted molar refractivity (Wildman–Crippen MR) is 87.9 cm³/mol. The summed E-state index contributed by atoms with van der Waals surface area (Å²) in [5.41, 5.74) is 3.56. The van der Waals surface area contributed by atoms with Gasteiger partial charge in [-0.05, 0) is 35.7 Å². The Kier molecular flexibility index (Phi) is 3.71. The molecular weight excluding hydrogens is 290 g/mol. The van der Waals surface area contributed by atoms with Gasteiger partial charge in [0.2, 0.25) is 0 Å². The lowest BCUT2D eigenvalue weighted by molar-refractivity contribution is 0.135. The molecule has 23 heavy (non-hydrogen) atoms. The van der Waals surface area contributed by atoms with Crippen molar-refractivity contribution in [3.05, 3.63) is 59.2 Å². The number of nitrogens with one attached hydrogen (secondary N) is 1. The predicted octanol–water partition coefficient (Wildman–Crippen LogP) is 2.77. The van der Waals surface area contributed by atoms with Crippen LogP contribution in [-0.4, -0.2) is 24.4 Å². The number of fused-ring (bicyclic) bond motifs is 2. The van der Waals surface area contributed by atoms with Gasteiger partial charge in [0, 0.05) is 12.5 Å². The van der Waals surface area contributed by atoms with Crippen molar-refractivity contribution in [2.75, 3.05) is 13.2 Å². The highest BCUT2D eigenvalue weighted by molar-refractivity contribution is 5.45. The summed E-state index contributed by atoms with van der Waals surface area (Å²) in [7, 11) is 0. The van der Waals surface area contributed by atoms with Crippen molar-refractivity contribution in [3.8, 4) is 11.5 Å². The molecule has 0 saturated carbocycles. The highest BCUT2D eigenvalue weighted by Gasteiger charge is 2.31. The Hall–Kier alpha value is -2.04. The average molecular weight is 311 g/mol. The van der Waals surface area contributed by atoms with Gasteiger partial charge in [0.15, 0.2) is 11.5 Å². The summed E-state index contributed by atoms with van der Waals surface area (Å²) in [6.07, 6.45) is 0.328. The average Bonchev–Trinajstić information content (AvgIpc) is 2.90. The Morgan fingerprint density at radius 2 is 1.87 bits per heavy atom. The van der Waals surface area contributed by atoms with E-state index in [1.807, 2.05) is 24.3 Å². The first kappa shape index (κ1) is 14.5. The van der Waals surface area contributed by atoms with E-state index in [2.05, 4.69) is 30.4 Å². The van der Waals surface area contributed by atoms with E-state index < -0.39 is 0 Å². The van der Waals surface area contributed by atoms with Crippen LogP contribution in [0.4, 0.5) is 0 Å². The summed E-state index contributed by atoms with van der Waals surface area (Å²) in [6.45, 7) is 3.30. The molecule has 3 unspecified atom stereocenters. The molecule has 1 aliphatic carbocycles. The summed E-state index contributed by atoms with van der Waals surface area (Å²) in [5.74, 6) is 1.60. The second-order valence-corrected chi connectivity index (χ2v) is 6.24. The van der Waals surface area contributed by atoms with E-state index in [0.717, 1.165) is 17.1 Å². The van der Waals surface area contributed by atoms with Gasteiger partial charge in [-0.25, -0.2) is 0 Å². The molecule has 0 fully saturated rings. The van der Waals surface area contributed by atoms with E-state index in [1.54, 1.807) is 0 Å². The Balaban J connectivity index is 1.55. The Bertz CT molecular complexity index is 716. The molecule has 0 radical (unpaired) electrons. The number of aliphatic hydroxyl groups excluding tert-OH is 1. The molecule has 2 aliphatic rings. The molecule has 3 atom stereocenters. The zero-order valence-corrected chi connectivity index (χ0v) is 13.2. The first-order valence-electron chi connectivity index (χ1n) is 8.14. The van der Waals surface area contributed by atoms with Crippen molar-refractivity contribution < 1.29 is 14.6 Å². The Labute approximate surface area is 136 Å². The largest absolute Gasteiger partial charge is 0.486 e. The van der Waals surface area contributed by atoms with Crippen LogP contribution in [0, 0.1) is 0 Å². The van der Waals surface area contributed by atoms with E-state index in [0.29, 0.717) is 19.6 Å². The zero-order valence-electron chi connectivity index (χ0n) is 13.2. The zero-order chi connectivity index (χ0) is 15.8. The fourth-order valence-corrected chi connectivity index (χ4v) is 3.47. The summed E-state index contributed by atoms with van der Waals surface area (Å²) in [5, 5.41) is 14.0. The standard InChI is InChI=1S/C19H21NO3/c1-12(13-6-7-17-18(11-13)23-9-8-22-17)20-19-15-5-3-2-4-14(15)10-16(19)21/h2-7,11-12,16,19-21H,8-10H2,1H3. The normalized spacial score (nSPS) is 23.4. The van der Waals surface area contributed by atoms with Crippen molar-refractivity contribution in [1.29, 1.82) is 0 Å². The molecule has 2 aromatic rings. The van der Waals surface area contributed by atoms with Gasteiger partial charge >= 0.3 is 0 Å². The first-order valence-corrected chi connectivity index (χ1v) is 8.14. The van der Waals surface area contributed by atoms with Gasteiger partial charge in [-0.2, -0.15) is 0 Å². The van der Waals surface area contributed by atoms with Gasteiger partial charge in [-0.15, -0.1) is 0 Å². The molecule has 0 aromatic heterocycles. The van der Waals surface area contributed by atoms with Crippen molar-refractivity contribution >= 4 is 0 Å². The third-order valence-corrected chi connectivity index (χ3v) is 4.70. The molecule has 1 aliphatic heterocycles. The van der Waals surface area contributed by atoms with Gasteiger partial charge in [0.05, 0.1) is 12.1 Å². The third kappa shape index (κ3) is 2.69. The molecule has 1 heterocycles. The lowest BCUT2D eigenvalue weighted by Gasteiger charge is -2.25. The van der Waals surface area contributed by atoms with Crippen LogP contribution in [0.1, 0.15) is 35.7 Å². The van der Waals surface area contributed by atoms with Gasteiger partial charge < -0.3 is 19.9 Å². The Morgan fingerprint density at radius 1 is 1.09 bits per heavy atom. The second-order valence-electron chi connectivity index (χ2n) is 6.24. The molecule has 2 N–H and O–H groups in total. The molecule has 0 spiro atoms. The highest BCUT2D eigenvalue weighted by Crippen LogP contribution is 2.36. The first-order chi connectivity index (χ1) is 11.2. The molecule has 0 bridgehead atoms. The number of ether oxygens (including phenoxy) is 2. The quantitative estimate of drug-likeness (QED) is 0.915. The lowest BCUT2D eigenvalue weighted by Crippen LogP contribution is -2.31. The third-order valence-electron chi connectivity index (χ3n) is 4.70. The molecule has 120 valence electrons. The van der Waals surface area contributed by atoms with E-state index in [4.69, 9.17) is 9.47 Å². The number of hydrogen-bond donors (Lipinski definition) is 2. The van der Waals surface area contributed by atoms with Crippen molar-refractivity contribution in [3.63, 3.8) is 0 Å². The highest BCUT2D eigenvalue weighted by atomic mass is 16.6. The van der Waals surface area contributed by atoms with Crippen LogP contribution in [0.3, 0.4) is 0 Å². The van der Waals surface area contributed by atoms with Crippen LogP contribution < -0.4 is 14.8 Å². The van der Waals surface area contributed by atoms with E-state index in [-0.39, 0.29) is 18.2 Å². The molecule has 4 rings (SSSR count). The fourth-order valence-electron chi connectivity index (χ4n) is 3.47. The molecule has 2 aromatic carbocycles. The Morgan fingerprint density at radius 3 is 2.74 bits per heavy atom. The fraction of sp³-hybridized carbons (Fsp3) is 0.368. The summed E-state index contributed by atoms with van der Waals surface area (Å²) < 4.78 is 11.2. The van der Waals surface area contributed by atoms with Crippen LogP contribution in [0.5, 0.6) is 11.5 Å². The molecule has 4 heteroatoms. The number of benzene rings is 2. The van der Waals surface area contributed by atoms with Gasteiger partial charge in [-0.1, -0.05) is 30.3 Å². The minimum atomic E-state index is -0.382. The van der Waals surface area contributed by atoms with E-state index in [1.165, 1.54) is 11.1 Å². The molecular formula is C19H21NO3. The van der Waals surface area contributed by atoms with Crippen LogP contribution in [0.2, 0.25) is 0 Å². The van der Waals surface area contributed by atoms with Crippen LogP contribution in [0.15, 0.2) is 42.5 Å². The summed E-state index contributed by atoms with van der Waals surface area (Å²) >= 11 is 0. The second kappa shape index (κ2) is 5.87. The summed E-state index contributed by atoms with van der Waals surface area (Å²) in [6, 6.07) is 14.4. The van der Waals surface area contributed by atoms with E-state index in [9.17, 15) is 5.11 Å². The SMILES string of the molecule is CC(NC1c2ccccc2CC1O)c1ccc2c(c1)OCCO2. The van der Waals surface area contributed by atoms with Crippen molar-refractivity contribution in [2.24, 2.45) is 0 Å². The van der Waals surface area contributed by atoms with Gasteiger partial charge in [0.1, 0.15) is 13.2 Å². The maximum atomic E-state index is 10.4. The summed E-state index contributed by atoms with van der Waals surface area (Å²) in [4.78, 5) is 0. The van der Waals surface area contributed by atoms with Crippen LogP contribution >= 0.6 is 0 Å². The minimum absolute atomic E-state index is 0.0330. The number of aliphatic hydroxyl groups is 1. The van der Waals surface area contributed by atoms with Gasteiger partial charge in [0.25, 0.3) is 0 Å². The maximum absolute atomic E-state index is 10.4. The number of rotatable bonds is 3. The van der Waals surface area contributed by atoms with Gasteiger partial charge in [-0.3, -0.25) is 0 Å².